The summed E-state index contributed by atoms with van der Waals surface area (Å²) < 4.78 is 1.70. The number of hydrogen-bond acceptors (Lipinski definition) is 4. The number of carbonyl (C=O) groups excluding carboxylic acids is 3. The fourth-order valence-electron chi connectivity index (χ4n) is 4.18. The fourth-order valence-corrected chi connectivity index (χ4v) is 4.56. The minimum Gasteiger partial charge on any atom is -0.368 e. The molecule has 0 spiro atoms. The number of para-hydroxylation sites is 3. The maximum atomic E-state index is 13.7. The summed E-state index contributed by atoms with van der Waals surface area (Å²) in [7, 11) is 0. The molecule has 0 radical (unpaired) electrons. The summed E-state index contributed by atoms with van der Waals surface area (Å²) in [6.45, 7) is -0.0258. The Morgan fingerprint density at radius 3 is 1.86 bits per heavy atom. The summed E-state index contributed by atoms with van der Waals surface area (Å²) in [5.74, 6) is -1.54. The summed E-state index contributed by atoms with van der Waals surface area (Å²) in [4.78, 5) is 41.7. The normalized spacial score (nSPS) is 14.1. The highest BCUT2D eigenvalue weighted by Crippen LogP contribution is 2.31. The SMILES string of the molecule is NC(=O)Cn1cc(C=C2C(=O)N(c3ccccc3)C(=S)N(c3ccccc3)C2=O)c2ccccc21. The molecule has 0 bridgehead atoms. The molecule has 2 heterocycles. The van der Waals surface area contributed by atoms with Crippen molar-refractivity contribution in [3.8, 4) is 0 Å². The molecule has 0 saturated carbocycles. The molecule has 0 aliphatic carbocycles. The van der Waals surface area contributed by atoms with Crippen LogP contribution in [0.4, 0.5) is 11.4 Å². The first kappa shape index (κ1) is 22.2. The van der Waals surface area contributed by atoms with Gasteiger partial charge in [0.2, 0.25) is 5.91 Å². The maximum Gasteiger partial charge on any atom is 0.270 e. The second-order valence-corrected chi connectivity index (χ2v) is 8.35. The third-order valence-corrected chi connectivity index (χ3v) is 6.09. The molecule has 1 aliphatic heterocycles. The number of nitrogens with zero attached hydrogens (tertiary/aromatic N) is 3. The Labute approximate surface area is 206 Å². The van der Waals surface area contributed by atoms with Gasteiger partial charge in [-0.3, -0.25) is 24.2 Å². The summed E-state index contributed by atoms with van der Waals surface area (Å²) in [6.07, 6.45) is 3.27. The topological polar surface area (TPSA) is 88.6 Å². The van der Waals surface area contributed by atoms with E-state index in [-0.39, 0.29) is 17.2 Å². The zero-order valence-electron chi connectivity index (χ0n) is 18.5. The minimum atomic E-state index is -0.523. The van der Waals surface area contributed by atoms with E-state index in [0.29, 0.717) is 16.9 Å². The molecule has 7 nitrogen and oxygen atoms in total. The molecular formula is C27H20N4O3S. The Hall–Kier alpha value is -4.56. The van der Waals surface area contributed by atoms with Gasteiger partial charge in [-0.2, -0.15) is 0 Å². The second kappa shape index (κ2) is 9.00. The van der Waals surface area contributed by atoms with Gasteiger partial charge in [0.25, 0.3) is 11.8 Å². The van der Waals surface area contributed by atoms with Gasteiger partial charge in [-0.25, -0.2) is 0 Å². The van der Waals surface area contributed by atoms with Crippen molar-refractivity contribution in [2.45, 2.75) is 6.54 Å². The van der Waals surface area contributed by atoms with Crippen molar-refractivity contribution in [3.63, 3.8) is 0 Å². The van der Waals surface area contributed by atoms with Crippen LogP contribution in [-0.2, 0) is 20.9 Å². The lowest BCUT2D eigenvalue weighted by Crippen LogP contribution is -2.56. The van der Waals surface area contributed by atoms with Gasteiger partial charge >= 0.3 is 0 Å². The highest BCUT2D eigenvalue weighted by atomic mass is 32.1. The zero-order valence-corrected chi connectivity index (χ0v) is 19.3. The highest BCUT2D eigenvalue weighted by molar-refractivity contribution is 7.81. The summed E-state index contributed by atoms with van der Waals surface area (Å²) in [5, 5.41) is 0.859. The molecule has 3 amide bonds. The standard InChI is InChI=1S/C27H20N4O3S/c28-24(32)17-29-16-18(21-13-7-8-14-23(21)29)15-22-25(33)30(19-9-3-1-4-10-19)27(35)31(26(22)34)20-11-5-2-6-12-20/h1-16H,17H2,(H2,28,32). The smallest absolute Gasteiger partial charge is 0.270 e. The summed E-state index contributed by atoms with van der Waals surface area (Å²) in [5.41, 5.74) is 7.87. The van der Waals surface area contributed by atoms with Crippen LogP contribution in [0.3, 0.4) is 0 Å². The number of benzene rings is 3. The van der Waals surface area contributed by atoms with Gasteiger partial charge in [-0.05, 0) is 48.6 Å². The molecule has 0 atom stereocenters. The highest BCUT2D eigenvalue weighted by Gasteiger charge is 2.41. The zero-order chi connectivity index (χ0) is 24.5. The van der Waals surface area contributed by atoms with Crippen molar-refractivity contribution in [2.24, 2.45) is 5.73 Å². The van der Waals surface area contributed by atoms with E-state index in [1.54, 1.807) is 65.4 Å². The Balaban J connectivity index is 1.69. The Kier molecular flexibility index (Phi) is 5.72. The predicted octanol–water partition coefficient (Wildman–Crippen LogP) is 3.87. The van der Waals surface area contributed by atoms with Crippen LogP contribution >= 0.6 is 12.2 Å². The first-order valence-corrected chi connectivity index (χ1v) is 11.3. The van der Waals surface area contributed by atoms with Gasteiger partial charge in [0.15, 0.2) is 5.11 Å². The van der Waals surface area contributed by atoms with Crippen molar-refractivity contribution in [3.05, 3.63) is 102 Å². The third-order valence-electron chi connectivity index (χ3n) is 5.72. The Morgan fingerprint density at radius 2 is 1.31 bits per heavy atom. The number of thiocarbonyl (C=S) groups is 1. The number of primary amides is 1. The number of hydrogen-bond donors (Lipinski definition) is 1. The summed E-state index contributed by atoms with van der Waals surface area (Å²) >= 11 is 5.64. The van der Waals surface area contributed by atoms with E-state index in [4.69, 9.17) is 18.0 Å². The van der Waals surface area contributed by atoms with Crippen molar-refractivity contribution in [1.82, 2.24) is 4.57 Å². The molecule has 8 heteroatoms. The molecule has 5 rings (SSSR count). The fraction of sp³-hybridized carbons (Fsp3) is 0.0370. The molecule has 3 aromatic carbocycles. The van der Waals surface area contributed by atoms with Gasteiger partial charge in [0.05, 0.1) is 11.4 Å². The van der Waals surface area contributed by atoms with Crippen LogP contribution in [0.25, 0.3) is 17.0 Å². The number of nitrogens with two attached hydrogens (primary N) is 1. The van der Waals surface area contributed by atoms with Crippen LogP contribution in [0.5, 0.6) is 0 Å². The van der Waals surface area contributed by atoms with Crippen molar-refractivity contribution >= 4 is 63.4 Å². The molecule has 4 aromatic rings. The van der Waals surface area contributed by atoms with Crippen LogP contribution in [0.2, 0.25) is 0 Å². The van der Waals surface area contributed by atoms with Gasteiger partial charge in [0, 0.05) is 22.7 Å². The van der Waals surface area contributed by atoms with Crippen molar-refractivity contribution in [1.29, 1.82) is 0 Å². The number of rotatable bonds is 5. The van der Waals surface area contributed by atoms with E-state index in [0.717, 1.165) is 10.9 Å². The lowest BCUT2D eigenvalue weighted by molar-refractivity contribution is -0.121. The Bertz CT molecular complexity index is 1450. The van der Waals surface area contributed by atoms with Crippen molar-refractivity contribution < 1.29 is 14.4 Å². The predicted molar refractivity (Wildman–Crippen MR) is 140 cm³/mol. The van der Waals surface area contributed by atoms with Gasteiger partial charge in [-0.1, -0.05) is 54.6 Å². The molecule has 172 valence electrons. The van der Waals surface area contributed by atoms with Gasteiger partial charge in [0.1, 0.15) is 12.1 Å². The molecular weight excluding hydrogens is 460 g/mol. The van der Waals surface area contributed by atoms with E-state index >= 15 is 0 Å². The Morgan fingerprint density at radius 1 is 0.800 bits per heavy atom. The van der Waals surface area contributed by atoms with E-state index in [9.17, 15) is 14.4 Å². The molecule has 1 fully saturated rings. The van der Waals surface area contributed by atoms with Crippen LogP contribution in [0, 0.1) is 0 Å². The van der Waals surface area contributed by atoms with Gasteiger partial charge in [-0.15, -0.1) is 0 Å². The second-order valence-electron chi connectivity index (χ2n) is 7.99. The van der Waals surface area contributed by atoms with Gasteiger partial charge < -0.3 is 10.3 Å². The first-order chi connectivity index (χ1) is 17.0. The van der Waals surface area contributed by atoms with E-state index < -0.39 is 17.7 Å². The molecule has 1 aromatic heterocycles. The van der Waals surface area contributed by atoms with Crippen LogP contribution in [0.1, 0.15) is 5.56 Å². The van der Waals surface area contributed by atoms with Crippen LogP contribution < -0.4 is 15.5 Å². The van der Waals surface area contributed by atoms with Crippen molar-refractivity contribution in [2.75, 3.05) is 9.80 Å². The van der Waals surface area contributed by atoms with Crippen LogP contribution in [0.15, 0.2) is 96.7 Å². The molecule has 1 saturated heterocycles. The molecule has 35 heavy (non-hydrogen) atoms. The van der Waals surface area contributed by atoms with E-state index in [2.05, 4.69) is 0 Å². The largest absolute Gasteiger partial charge is 0.368 e. The molecule has 1 aliphatic rings. The lowest BCUT2D eigenvalue weighted by Gasteiger charge is -2.36. The monoisotopic (exact) mass is 480 g/mol. The first-order valence-electron chi connectivity index (χ1n) is 10.9. The minimum absolute atomic E-state index is 0.0258. The third kappa shape index (κ3) is 4.00. The number of anilines is 2. The maximum absolute atomic E-state index is 13.7. The van der Waals surface area contributed by atoms with E-state index in [1.165, 1.54) is 9.80 Å². The number of aromatic nitrogens is 1. The number of carbonyl (C=O) groups is 3. The average molecular weight is 481 g/mol. The average Bonchev–Trinajstić information content (AvgIpc) is 3.20. The molecule has 0 unspecified atom stereocenters. The molecule has 2 N–H and O–H groups in total. The van der Waals surface area contributed by atoms with Crippen LogP contribution in [-0.4, -0.2) is 27.4 Å². The summed E-state index contributed by atoms with van der Waals surface area (Å²) in [6, 6.07) is 25.4. The number of amides is 3. The number of fused-ring (bicyclic) bond motifs is 1. The van der Waals surface area contributed by atoms with E-state index in [1.807, 2.05) is 36.4 Å². The lowest BCUT2D eigenvalue weighted by atomic mass is 10.0. The quantitative estimate of drug-likeness (QED) is 0.267.